The maximum atomic E-state index is 12.9. The van der Waals surface area contributed by atoms with Crippen molar-refractivity contribution in [1.82, 2.24) is 39.5 Å². The van der Waals surface area contributed by atoms with Gasteiger partial charge in [0, 0.05) is 43.0 Å². The van der Waals surface area contributed by atoms with Crippen LogP contribution in [0.4, 0.5) is 0 Å². The highest BCUT2D eigenvalue weighted by Crippen LogP contribution is 2.46. The second-order valence-corrected chi connectivity index (χ2v) is 7.58. The van der Waals surface area contributed by atoms with Crippen molar-refractivity contribution in [1.29, 1.82) is 5.26 Å². The predicted molar refractivity (Wildman–Crippen MR) is 107 cm³/mol. The summed E-state index contributed by atoms with van der Waals surface area (Å²) >= 11 is 0. The topological polar surface area (TPSA) is 131 Å². The molecule has 30 heavy (non-hydrogen) atoms. The predicted octanol–water partition coefficient (Wildman–Crippen LogP) is 1.79. The lowest BCUT2D eigenvalue weighted by molar-refractivity contribution is 0.319. The van der Waals surface area contributed by atoms with Crippen molar-refractivity contribution >= 4 is 11.0 Å². The van der Waals surface area contributed by atoms with E-state index >= 15 is 0 Å². The number of hydrogen-bond acceptors (Lipinski definition) is 7. The SMILES string of the molecule is CC(c1cnn(C)c1)n1nc(C#N)c2c(=O)[nH]c(C3CCC3c3ncccn3)nc21. The zero-order valence-corrected chi connectivity index (χ0v) is 16.5. The van der Waals surface area contributed by atoms with Crippen LogP contribution in [0.1, 0.15) is 60.5 Å². The first-order chi connectivity index (χ1) is 14.6. The van der Waals surface area contributed by atoms with Gasteiger partial charge in [-0.15, -0.1) is 0 Å². The zero-order chi connectivity index (χ0) is 20.8. The summed E-state index contributed by atoms with van der Waals surface area (Å²) in [4.78, 5) is 29.3. The minimum absolute atomic E-state index is 0.0204. The Morgan fingerprint density at radius 1 is 1.27 bits per heavy atom. The van der Waals surface area contributed by atoms with E-state index in [0.717, 1.165) is 24.2 Å². The largest absolute Gasteiger partial charge is 0.310 e. The molecule has 1 aliphatic carbocycles. The van der Waals surface area contributed by atoms with Crippen LogP contribution >= 0.6 is 0 Å². The van der Waals surface area contributed by atoms with Crippen molar-refractivity contribution in [3.8, 4) is 6.07 Å². The van der Waals surface area contributed by atoms with Crippen molar-refractivity contribution in [2.45, 2.75) is 37.6 Å². The lowest BCUT2D eigenvalue weighted by Crippen LogP contribution is -2.28. The number of H-pyrrole nitrogens is 1. The summed E-state index contributed by atoms with van der Waals surface area (Å²) in [6.07, 6.45) is 8.89. The Balaban J connectivity index is 1.62. The third kappa shape index (κ3) is 2.78. The Hall–Kier alpha value is -3.87. The van der Waals surface area contributed by atoms with Crippen LogP contribution in [0.5, 0.6) is 0 Å². The van der Waals surface area contributed by atoms with Gasteiger partial charge >= 0.3 is 0 Å². The fraction of sp³-hybridized carbons (Fsp3) is 0.350. The van der Waals surface area contributed by atoms with Crippen molar-refractivity contribution in [2.75, 3.05) is 0 Å². The number of aryl methyl sites for hydroxylation is 1. The van der Waals surface area contributed by atoms with Gasteiger partial charge in [-0.1, -0.05) is 0 Å². The number of aromatic amines is 1. The van der Waals surface area contributed by atoms with Gasteiger partial charge in [0.1, 0.15) is 23.1 Å². The second-order valence-electron chi connectivity index (χ2n) is 7.58. The molecule has 150 valence electrons. The van der Waals surface area contributed by atoms with Crippen LogP contribution < -0.4 is 5.56 Å². The molecule has 0 spiro atoms. The number of hydrogen-bond donors (Lipinski definition) is 1. The first-order valence-corrected chi connectivity index (χ1v) is 9.74. The van der Waals surface area contributed by atoms with Crippen LogP contribution in [0.15, 0.2) is 35.6 Å². The molecule has 0 aromatic carbocycles. The van der Waals surface area contributed by atoms with Gasteiger partial charge in [-0.2, -0.15) is 15.5 Å². The van der Waals surface area contributed by atoms with Gasteiger partial charge in [-0.05, 0) is 25.8 Å². The van der Waals surface area contributed by atoms with Gasteiger partial charge in [0.05, 0.1) is 12.2 Å². The van der Waals surface area contributed by atoms with Crippen LogP contribution in [0, 0.1) is 11.3 Å². The molecule has 4 heterocycles. The number of fused-ring (bicyclic) bond motifs is 1. The number of rotatable bonds is 4. The molecule has 1 N–H and O–H groups in total. The fourth-order valence-corrected chi connectivity index (χ4v) is 4.02. The minimum Gasteiger partial charge on any atom is -0.310 e. The molecular formula is C20H19N9O. The van der Waals surface area contributed by atoms with Gasteiger partial charge in [-0.3, -0.25) is 9.48 Å². The highest BCUT2D eigenvalue weighted by atomic mass is 16.1. The van der Waals surface area contributed by atoms with E-state index < -0.39 is 0 Å². The highest BCUT2D eigenvalue weighted by Gasteiger charge is 2.37. The lowest BCUT2D eigenvalue weighted by Gasteiger charge is -2.34. The monoisotopic (exact) mass is 401 g/mol. The summed E-state index contributed by atoms with van der Waals surface area (Å²) in [5, 5.41) is 18.3. The molecule has 0 radical (unpaired) electrons. The van der Waals surface area contributed by atoms with Gasteiger partial charge in [0.15, 0.2) is 11.3 Å². The Kier molecular flexibility index (Phi) is 4.17. The molecule has 10 heteroatoms. The second kappa shape index (κ2) is 6.88. The summed E-state index contributed by atoms with van der Waals surface area (Å²) in [7, 11) is 1.83. The van der Waals surface area contributed by atoms with Crippen LogP contribution in [0.25, 0.3) is 11.0 Å². The fourth-order valence-electron chi connectivity index (χ4n) is 4.02. The van der Waals surface area contributed by atoms with E-state index in [1.807, 2.05) is 26.2 Å². The number of nitrogens with one attached hydrogen (secondary N) is 1. The Bertz CT molecular complexity index is 1330. The smallest absolute Gasteiger partial charge is 0.263 e. The molecule has 3 unspecified atom stereocenters. The summed E-state index contributed by atoms with van der Waals surface area (Å²) in [5.74, 6) is 1.47. The summed E-state index contributed by atoms with van der Waals surface area (Å²) in [6.45, 7) is 1.94. The summed E-state index contributed by atoms with van der Waals surface area (Å²) in [5.41, 5.74) is 1.03. The average Bonchev–Trinajstić information content (AvgIpc) is 3.31. The van der Waals surface area contributed by atoms with Crippen molar-refractivity contribution in [3.05, 3.63) is 64.1 Å². The van der Waals surface area contributed by atoms with E-state index in [4.69, 9.17) is 4.98 Å². The maximum Gasteiger partial charge on any atom is 0.263 e. The molecule has 4 aromatic rings. The van der Waals surface area contributed by atoms with E-state index in [1.54, 1.807) is 34.0 Å². The normalized spacial score (nSPS) is 19.4. The molecule has 0 bridgehead atoms. The quantitative estimate of drug-likeness (QED) is 0.551. The number of nitrogens with zero attached hydrogens (tertiary/aromatic N) is 8. The van der Waals surface area contributed by atoms with E-state index in [-0.39, 0.29) is 34.5 Å². The van der Waals surface area contributed by atoms with Gasteiger partial charge < -0.3 is 4.98 Å². The van der Waals surface area contributed by atoms with E-state index in [0.29, 0.717) is 11.5 Å². The Morgan fingerprint density at radius 3 is 2.67 bits per heavy atom. The number of nitriles is 1. The zero-order valence-electron chi connectivity index (χ0n) is 16.5. The van der Waals surface area contributed by atoms with Crippen LogP contribution in [-0.2, 0) is 7.05 Å². The first-order valence-electron chi connectivity index (χ1n) is 9.74. The average molecular weight is 401 g/mol. The van der Waals surface area contributed by atoms with Crippen molar-refractivity contribution in [2.24, 2.45) is 7.05 Å². The molecule has 0 amide bonds. The summed E-state index contributed by atoms with van der Waals surface area (Å²) < 4.78 is 3.34. The molecule has 4 aromatic heterocycles. The minimum atomic E-state index is -0.351. The molecule has 1 fully saturated rings. The van der Waals surface area contributed by atoms with E-state index in [9.17, 15) is 10.1 Å². The Labute approximate surface area is 171 Å². The molecule has 0 aliphatic heterocycles. The van der Waals surface area contributed by atoms with E-state index in [1.165, 1.54) is 0 Å². The lowest BCUT2D eigenvalue weighted by atomic mass is 9.72. The van der Waals surface area contributed by atoms with Gasteiger partial charge in [0.2, 0.25) is 0 Å². The van der Waals surface area contributed by atoms with Crippen LogP contribution in [0.2, 0.25) is 0 Å². The third-order valence-corrected chi connectivity index (χ3v) is 5.80. The highest BCUT2D eigenvalue weighted by molar-refractivity contribution is 5.80. The molecule has 0 saturated heterocycles. The summed E-state index contributed by atoms with van der Waals surface area (Å²) in [6, 6.07) is 3.57. The molecular weight excluding hydrogens is 382 g/mol. The molecule has 3 atom stereocenters. The van der Waals surface area contributed by atoms with Crippen LogP contribution in [-0.4, -0.2) is 39.5 Å². The third-order valence-electron chi connectivity index (χ3n) is 5.80. The first kappa shape index (κ1) is 18.2. The standard InChI is InChI=1S/C20H19N9O/c1-11(12-9-24-28(2)10-12)29-19-16(15(8-21)27-29)20(30)26-18(25-19)14-5-4-13(14)17-22-6-3-7-23-17/h3,6-7,9-11,13-14H,4-5H2,1-2H3,(H,25,26,30). The number of aromatic nitrogens is 8. The van der Waals surface area contributed by atoms with Gasteiger partial charge in [-0.25, -0.2) is 19.6 Å². The van der Waals surface area contributed by atoms with Crippen LogP contribution in [0.3, 0.4) is 0 Å². The Morgan fingerprint density at radius 2 is 2.03 bits per heavy atom. The van der Waals surface area contributed by atoms with Crippen molar-refractivity contribution < 1.29 is 0 Å². The molecule has 1 saturated carbocycles. The molecule has 5 rings (SSSR count). The van der Waals surface area contributed by atoms with Crippen molar-refractivity contribution in [3.63, 3.8) is 0 Å². The van der Waals surface area contributed by atoms with E-state index in [2.05, 4.69) is 25.1 Å². The molecule has 1 aliphatic rings. The maximum absolute atomic E-state index is 12.9. The molecule has 10 nitrogen and oxygen atoms in total. The van der Waals surface area contributed by atoms with Gasteiger partial charge in [0.25, 0.3) is 5.56 Å².